The molecular weight excluding hydrogens is 411 g/mol. The van der Waals surface area contributed by atoms with E-state index in [4.69, 9.17) is 17.3 Å². The van der Waals surface area contributed by atoms with Crippen molar-refractivity contribution in [2.24, 2.45) is 5.73 Å². The summed E-state index contributed by atoms with van der Waals surface area (Å²) in [5, 5.41) is 5.33. The fraction of sp³-hybridized carbons (Fsp3) is 0.286. The van der Waals surface area contributed by atoms with Gasteiger partial charge >= 0.3 is 0 Å². The summed E-state index contributed by atoms with van der Waals surface area (Å²) in [5.41, 5.74) is 8.34. The average molecular weight is 431 g/mol. The highest BCUT2D eigenvalue weighted by atomic mass is 35.5. The van der Waals surface area contributed by atoms with Crippen LogP contribution in [0.15, 0.2) is 42.0 Å². The number of carbonyl (C=O) groups excluding carboxylic acids is 1. The van der Waals surface area contributed by atoms with Gasteiger partial charge in [-0.1, -0.05) is 18.0 Å². The molecule has 3 N–H and O–H groups in total. The molecule has 2 aromatic heterocycles. The van der Waals surface area contributed by atoms with E-state index in [1.54, 1.807) is 17.8 Å². The van der Waals surface area contributed by atoms with E-state index in [1.165, 1.54) is 29.5 Å². The van der Waals surface area contributed by atoms with Gasteiger partial charge in [-0.25, -0.2) is 9.37 Å². The topological polar surface area (TPSA) is 80.9 Å². The minimum absolute atomic E-state index is 0.180. The van der Waals surface area contributed by atoms with E-state index in [-0.39, 0.29) is 23.2 Å². The second kappa shape index (κ2) is 8.57. The van der Waals surface area contributed by atoms with Gasteiger partial charge in [-0.05, 0) is 55.0 Å². The normalized spacial score (nSPS) is 19.1. The molecular formula is C21H20ClFN4OS. The zero-order valence-electron chi connectivity index (χ0n) is 15.6. The minimum atomic E-state index is -0.432. The van der Waals surface area contributed by atoms with E-state index in [0.717, 1.165) is 31.2 Å². The molecule has 0 spiro atoms. The molecule has 1 saturated carbocycles. The SMILES string of the molecule is NC1CCCC(c2ccncc2NC(=O)c2csc(-c3cc(Cl)ccc3F)n2)C1. The zero-order chi connectivity index (χ0) is 20.4. The van der Waals surface area contributed by atoms with Gasteiger partial charge < -0.3 is 11.1 Å². The molecule has 1 amide bonds. The van der Waals surface area contributed by atoms with Crippen LogP contribution in [0.25, 0.3) is 10.6 Å². The van der Waals surface area contributed by atoms with E-state index in [9.17, 15) is 9.18 Å². The largest absolute Gasteiger partial charge is 0.328 e. The number of rotatable bonds is 4. The van der Waals surface area contributed by atoms with Crippen molar-refractivity contribution in [2.45, 2.75) is 37.6 Å². The molecule has 0 saturated heterocycles. The molecule has 2 unspecified atom stereocenters. The summed E-state index contributed by atoms with van der Waals surface area (Å²) in [6.45, 7) is 0. The Labute approximate surface area is 177 Å². The first kappa shape index (κ1) is 19.9. The maximum absolute atomic E-state index is 14.1. The van der Waals surface area contributed by atoms with Crippen LogP contribution in [0.5, 0.6) is 0 Å². The van der Waals surface area contributed by atoms with Gasteiger partial charge in [0, 0.05) is 28.2 Å². The fourth-order valence-corrected chi connectivity index (χ4v) is 4.71. The van der Waals surface area contributed by atoms with Crippen molar-refractivity contribution in [3.05, 3.63) is 64.1 Å². The Morgan fingerprint density at radius 2 is 2.17 bits per heavy atom. The molecule has 4 rings (SSSR count). The molecule has 0 aliphatic heterocycles. The number of aromatic nitrogens is 2. The lowest BCUT2D eigenvalue weighted by Gasteiger charge is -2.28. The molecule has 0 radical (unpaired) electrons. The van der Waals surface area contributed by atoms with Crippen LogP contribution in [0.2, 0.25) is 5.02 Å². The number of nitrogens with zero attached hydrogens (tertiary/aromatic N) is 2. The monoisotopic (exact) mass is 430 g/mol. The summed E-state index contributed by atoms with van der Waals surface area (Å²) in [4.78, 5) is 21.2. The third-order valence-electron chi connectivity index (χ3n) is 5.15. The second-order valence-corrected chi connectivity index (χ2v) is 8.50. The maximum Gasteiger partial charge on any atom is 0.275 e. The molecule has 1 aromatic carbocycles. The number of halogens is 2. The first-order chi connectivity index (χ1) is 14.0. The smallest absolute Gasteiger partial charge is 0.275 e. The van der Waals surface area contributed by atoms with Gasteiger partial charge in [-0.2, -0.15) is 0 Å². The number of benzene rings is 1. The average Bonchev–Trinajstić information content (AvgIpc) is 3.20. The third kappa shape index (κ3) is 4.47. The van der Waals surface area contributed by atoms with Crippen LogP contribution in [-0.4, -0.2) is 21.9 Å². The molecule has 5 nitrogen and oxygen atoms in total. The Morgan fingerprint density at radius 1 is 1.31 bits per heavy atom. The van der Waals surface area contributed by atoms with Crippen molar-refractivity contribution in [2.75, 3.05) is 5.32 Å². The number of amides is 1. The lowest BCUT2D eigenvalue weighted by atomic mass is 9.81. The Balaban J connectivity index is 1.55. The highest BCUT2D eigenvalue weighted by Crippen LogP contribution is 2.36. The first-order valence-corrected chi connectivity index (χ1v) is 10.7. The molecule has 29 heavy (non-hydrogen) atoms. The summed E-state index contributed by atoms with van der Waals surface area (Å²) in [6, 6.07) is 6.38. The summed E-state index contributed by atoms with van der Waals surface area (Å²) in [5.74, 6) is -0.494. The Hall–Kier alpha value is -2.35. The minimum Gasteiger partial charge on any atom is -0.328 e. The van der Waals surface area contributed by atoms with Crippen molar-refractivity contribution in [3.63, 3.8) is 0 Å². The summed E-state index contributed by atoms with van der Waals surface area (Å²) in [6.07, 6.45) is 7.41. The molecule has 8 heteroatoms. The lowest BCUT2D eigenvalue weighted by molar-refractivity contribution is 0.102. The number of hydrogen-bond acceptors (Lipinski definition) is 5. The third-order valence-corrected chi connectivity index (χ3v) is 6.26. The maximum atomic E-state index is 14.1. The van der Waals surface area contributed by atoms with Gasteiger partial charge in [0.2, 0.25) is 0 Å². The molecule has 2 atom stereocenters. The lowest BCUT2D eigenvalue weighted by Crippen LogP contribution is -2.27. The van der Waals surface area contributed by atoms with Gasteiger partial charge in [-0.3, -0.25) is 9.78 Å². The number of anilines is 1. The molecule has 1 aliphatic rings. The van der Waals surface area contributed by atoms with Gasteiger partial charge in [0.15, 0.2) is 0 Å². The van der Waals surface area contributed by atoms with Crippen molar-refractivity contribution in [3.8, 4) is 10.6 Å². The van der Waals surface area contributed by atoms with E-state index >= 15 is 0 Å². The molecule has 1 fully saturated rings. The number of pyridine rings is 1. The highest BCUT2D eigenvalue weighted by molar-refractivity contribution is 7.13. The van der Waals surface area contributed by atoms with Crippen LogP contribution in [0.1, 0.15) is 47.7 Å². The van der Waals surface area contributed by atoms with Gasteiger partial charge in [0.1, 0.15) is 16.5 Å². The standard InChI is InChI=1S/C21H20ClFN4OS/c22-13-4-5-17(23)16(9-13)21-27-19(11-29-21)20(28)26-18-10-25-7-6-15(18)12-2-1-3-14(24)8-12/h4-7,9-12,14H,1-3,8,24H2,(H,26,28). The van der Waals surface area contributed by atoms with Gasteiger partial charge in [0.05, 0.1) is 11.9 Å². The van der Waals surface area contributed by atoms with Crippen LogP contribution in [-0.2, 0) is 0 Å². The van der Waals surface area contributed by atoms with E-state index in [1.807, 2.05) is 6.07 Å². The Bertz CT molecular complexity index is 1040. The summed E-state index contributed by atoms with van der Waals surface area (Å²) >= 11 is 7.15. The van der Waals surface area contributed by atoms with Crippen LogP contribution in [0, 0.1) is 5.82 Å². The van der Waals surface area contributed by atoms with E-state index in [0.29, 0.717) is 21.6 Å². The van der Waals surface area contributed by atoms with E-state index < -0.39 is 5.82 Å². The van der Waals surface area contributed by atoms with Crippen LogP contribution in [0.4, 0.5) is 10.1 Å². The molecule has 1 aliphatic carbocycles. The predicted octanol–water partition coefficient (Wildman–Crippen LogP) is 5.23. The Morgan fingerprint density at radius 3 is 3.00 bits per heavy atom. The van der Waals surface area contributed by atoms with Gasteiger partial charge in [0.25, 0.3) is 5.91 Å². The number of thiazole rings is 1. The highest BCUT2D eigenvalue weighted by Gasteiger charge is 2.24. The quantitative estimate of drug-likeness (QED) is 0.593. The number of hydrogen-bond donors (Lipinski definition) is 2. The van der Waals surface area contributed by atoms with Crippen molar-refractivity contribution < 1.29 is 9.18 Å². The van der Waals surface area contributed by atoms with Crippen molar-refractivity contribution in [1.29, 1.82) is 0 Å². The second-order valence-electron chi connectivity index (χ2n) is 7.20. The zero-order valence-corrected chi connectivity index (χ0v) is 17.1. The van der Waals surface area contributed by atoms with Gasteiger partial charge in [-0.15, -0.1) is 11.3 Å². The van der Waals surface area contributed by atoms with Crippen LogP contribution < -0.4 is 11.1 Å². The predicted molar refractivity (Wildman–Crippen MR) is 114 cm³/mol. The van der Waals surface area contributed by atoms with E-state index in [2.05, 4.69) is 15.3 Å². The van der Waals surface area contributed by atoms with Crippen LogP contribution in [0.3, 0.4) is 0 Å². The van der Waals surface area contributed by atoms with Crippen molar-refractivity contribution in [1.82, 2.24) is 9.97 Å². The summed E-state index contributed by atoms with van der Waals surface area (Å²) in [7, 11) is 0. The van der Waals surface area contributed by atoms with Crippen LogP contribution >= 0.6 is 22.9 Å². The number of nitrogens with two attached hydrogens (primary N) is 1. The molecule has 2 heterocycles. The fourth-order valence-electron chi connectivity index (χ4n) is 3.73. The molecule has 150 valence electrons. The van der Waals surface area contributed by atoms with Crippen molar-refractivity contribution >= 4 is 34.5 Å². The number of nitrogens with one attached hydrogen (secondary N) is 1. The number of carbonyl (C=O) groups is 1. The molecule has 3 aromatic rings. The summed E-state index contributed by atoms with van der Waals surface area (Å²) < 4.78 is 14.1. The Kier molecular flexibility index (Phi) is 5.89. The first-order valence-electron chi connectivity index (χ1n) is 9.43. The molecule has 0 bridgehead atoms.